The highest BCUT2D eigenvalue weighted by Crippen LogP contribution is 2.38. The molecule has 1 unspecified atom stereocenters. The lowest BCUT2D eigenvalue weighted by atomic mass is 9.87. The topological polar surface area (TPSA) is 46.3 Å². The van der Waals surface area contributed by atoms with Gasteiger partial charge in [0, 0.05) is 25.0 Å². The van der Waals surface area contributed by atoms with Crippen molar-refractivity contribution in [1.82, 2.24) is 4.90 Å². The van der Waals surface area contributed by atoms with Gasteiger partial charge in [-0.1, -0.05) is 19.8 Å². The maximum Gasteiger partial charge on any atom is 0.228 e. The summed E-state index contributed by atoms with van der Waals surface area (Å²) in [7, 11) is 1.86. The first-order valence-corrected chi connectivity index (χ1v) is 5.47. The van der Waals surface area contributed by atoms with Gasteiger partial charge in [-0.05, 0) is 19.8 Å². The average Bonchev–Trinajstić information content (AvgIpc) is 2.51. The molecule has 0 saturated heterocycles. The largest absolute Gasteiger partial charge is 0.344 e. The van der Waals surface area contributed by atoms with Crippen LogP contribution in [-0.2, 0) is 4.79 Å². The Balaban J connectivity index is 2.55. The van der Waals surface area contributed by atoms with E-state index in [1.807, 2.05) is 14.0 Å². The first-order chi connectivity index (χ1) is 6.46. The highest BCUT2D eigenvalue weighted by Gasteiger charge is 2.37. The van der Waals surface area contributed by atoms with Crippen molar-refractivity contribution in [2.75, 3.05) is 13.6 Å². The molecule has 3 nitrogen and oxygen atoms in total. The first kappa shape index (κ1) is 11.5. The van der Waals surface area contributed by atoms with Crippen LogP contribution in [0.2, 0.25) is 0 Å². The number of carbonyl (C=O) groups is 1. The number of amides is 1. The molecule has 0 aliphatic heterocycles. The van der Waals surface area contributed by atoms with E-state index >= 15 is 0 Å². The molecule has 0 bridgehead atoms. The maximum absolute atomic E-state index is 12.1. The lowest BCUT2D eigenvalue weighted by molar-refractivity contribution is -0.139. The molecule has 1 fully saturated rings. The minimum Gasteiger partial charge on any atom is -0.344 e. The molecule has 1 amide bonds. The molecule has 14 heavy (non-hydrogen) atoms. The van der Waals surface area contributed by atoms with Gasteiger partial charge < -0.3 is 10.6 Å². The Bertz CT molecular complexity index is 207. The lowest BCUT2D eigenvalue weighted by Gasteiger charge is -2.29. The normalized spacial score (nSPS) is 22.0. The molecule has 1 atom stereocenters. The van der Waals surface area contributed by atoms with E-state index in [9.17, 15) is 4.79 Å². The Morgan fingerprint density at radius 3 is 2.43 bits per heavy atom. The molecule has 1 saturated carbocycles. The van der Waals surface area contributed by atoms with Crippen LogP contribution in [0.4, 0.5) is 0 Å². The maximum atomic E-state index is 12.1. The smallest absolute Gasteiger partial charge is 0.228 e. The van der Waals surface area contributed by atoms with Crippen molar-refractivity contribution in [3.63, 3.8) is 0 Å². The summed E-state index contributed by atoms with van der Waals surface area (Å²) in [5, 5.41) is 0. The SMILES string of the molecule is CC(N)CN(C)C(=O)C1(C)CCCC1. The van der Waals surface area contributed by atoms with Crippen LogP contribution in [0, 0.1) is 5.41 Å². The van der Waals surface area contributed by atoms with E-state index in [-0.39, 0.29) is 17.4 Å². The predicted octanol–water partition coefficient (Wildman–Crippen LogP) is 1.37. The predicted molar refractivity (Wildman–Crippen MR) is 57.9 cm³/mol. The van der Waals surface area contributed by atoms with Crippen molar-refractivity contribution in [2.45, 2.75) is 45.6 Å². The summed E-state index contributed by atoms with van der Waals surface area (Å²) in [6, 6.07) is 0.0638. The molecule has 3 heteroatoms. The zero-order chi connectivity index (χ0) is 10.8. The van der Waals surface area contributed by atoms with E-state index in [0.29, 0.717) is 6.54 Å². The van der Waals surface area contributed by atoms with Crippen molar-refractivity contribution in [3.05, 3.63) is 0 Å². The van der Waals surface area contributed by atoms with E-state index in [4.69, 9.17) is 5.73 Å². The highest BCUT2D eigenvalue weighted by atomic mass is 16.2. The van der Waals surface area contributed by atoms with Gasteiger partial charge in [-0.25, -0.2) is 0 Å². The Kier molecular flexibility index (Phi) is 3.53. The Hall–Kier alpha value is -0.570. The summed E-state index contributed by atoms with van der Waals surface area (Å²) in [5.74, 6) is 0.271. The third-order valence-corrected chi connectivity index (χ3v) is 3.13. The van der Waals surface area contributed by atoms with Gasteiger partial charge in [-0.3, -0.25) is 4.79 Å². The van der Waals surface area contributed by atoms with Crippen LogP contribution in [0.5, 0.6) is 0 Å². The van der Waals surface area contributed by atoms with Gasteiger partial charge in [0.1, 0.15) is 0 Å². The zero-order valence-electron chi connectivity index (χ0n) is 9.55. The summed E-state index contributed by atoms with van der Waals surface area (Å²) >= 11 is 0. The quantitative estimate of drug-likeness (QED) is 0.744. The van der Waals surface area contributed by atoms with Crippen molar-refractivity contribution >= 4 is 5.91 Å². The molecule has 0 aromatic carbocycles. The van der Waals surface area contributed by atoms with Crippen LogP contribution >= 0.6 is 0 Å². The minimum absolute atomic E-state index is 0.0638. The van der Waals surface area contributed by atoms with Crippen LogP contribution in [-0.4, -0.2) is 30.4 Å². The van der Waals surface area contributed by atoms with Crippen molar-refractivity contribution < 1.29 is 4.79 Å². The standard InChI is InChI=1S/C11H22N2O/c1-9(12)8-13(3)10(14)11(2)6-4-5-7-11/h9H,4-8,12H2,1-3H3. The molecule has 0 spiro atoms. The number of carbonyl (C=O) groups excluding carboxylic acids is 1. The van der Waals surface area contributed by atoms with Crippen molar-refractivity contribution in [2.24, 2.45) is 11.1 Å². The number of rotatable bonds is 3. The third kappa shape index (κ3) is 2.47. The van der Waals surface area contributed by atoms with Crippen LogP contribution in [0.15, 0.2) is 0 Å². The van der Waals surface area contributed by atoms with Gasteiger partial charge in [0.05, 0.1) is 0 Å². The van der Waals surface area contributed by atoms with Gasteiger partial charge >= 0.3 is 0 Å². The molecular formula is C11H22N2O. The molecule has 0 aromatic rings. The van der Waals surface area contributed by atoms with E-state index in [1.165, 1.54) is 12.8 Å². The average molecular weight is 198 g/mol. The van der Waals surface area contributed by atoms with Crippen molar-refractivity contribution in [1.29, 1.82) is 0 Å². The third-order valence-electron chi connectivity index (χ3n) is 3.13. The number of likely N-dealkylation sites (N-methyl/N-ethyl adjacent to an activating group) is 1. The number of hydrogen-bond acceptors (Lipinski definition) is 2. The Morgan fingerprint density at radius 1 is 1.50 bits per heavy atom. The molecule has 2 N–H and O–H groups in total. The first-order valence-electron chi connectivity index (χ1n) is 5.47. The molecule has 1 aliphatic carbocycles. The second-order valence-electron chi connectivity index (χ2n) is 4.93. The number of hydrogen-bond donors (Lipinski definition) is 1. The van der Waals surface area contributed by atoms with Crippen molar-refractivity contribution in [3.8, 4) is 0 Å². The van der Waals surface area contributed by atoms with Crippen LogP contribution in [0.25, 0.3) is 0 Å². The summed E-state index contributed by atoms with van der Waals surface area (Å²) in [5.41, 5.74) is 5.57. The van der Waals surface area contributed by atoms with Gasteiger partial charge in [0.2, 0.25) is 5.91 Å². The van der Waals surface area contributed by atoms with Crippen LogP contribution < -0.4 is 5.73 Å². The molecule has 0 heterocycles. The lowest BCUT2D eigenvalue weighted by Crippen LogP contribution is -2.43. The van der Waals surface area contributed by atoms with Gasteiger partial charge in [-0.15, -0.1) is 0 Å². The highest BCUT2D eigenvalue weighted by molar-refractivity contribution is 5.82. The minimum atomic E-state index is -0.107. The van der Waals surface area contributed by atoms with E-state index < -0.39 is 0 Å². The van der Waals surface area contributed by atoms with E-state index in [2.05, 4.69) is 6.92 Å². The molecule has 1 rings (SSSR count). The fourth-order valence-corrected chi connectivity index (χ4v) is 2.34. The molecule has 0 radical (unpaired) electrons. The second-order valence-corrected chi connectivity index (χ2v) is 4.93. The van der Waals surface area contributed by atoms with Crippen LogP contribution in [0.1, 0.15) is 39.5 Å². The molecular weight excluding hydrogens is 176 g/mol. The zero-order valence-corrected chi connectivity index (χ0v) is 9.55. The van der Waals surface area contributed by atoms with E-state index in [0.717, 1.165) is 12.8 Å². The summed E-state index contributed by atoms with van der Waals surface area (Å²) in [6.45, 7) is 4.68. The monoisotopic (exact) mass is 198 g/mol. The summed E-state index contributed by atoms with van der Waals surface area (Å²) in [6.07, 6.45) is 4.45. The second kappa shape index (κ2) is 4.30. The number of nitrogens with zero attached hydrogens (tertiary/aromatic N) is 1. The fourth-order valence-electron chi connectivity index (χ4n) is 2.34. The molecule has 0 aromatic heterocycles. The van der Waals surface area contributed by atoms with Crippen LogP contribution in [0.3, 0.4) is 0 Å². The fraction of sp³-hybridized carbons (Fsp3) is 0.909. The Morgan fingerprint density at radius 2 is 2.00 bits per heavy atom. The summed E-state index contributed by atoms with van der Waals surface area (Å²) < 4.78 is 0. The number of nitrogens with two attached hydrogens (primary N) is 1. The molecule has 1 aliphatic rings. The summed E-state index contributed by atoms with van der Waals surface area (Å²) in [4.78, 5) is 13.9. The molecule has 82 valence electrons. The Labute approximate surface area is 86.6 Å². The van der Waals surface area contributed by atoms with E-state index in [1.54, 1.807) is 4.90 Å². The van der Waals surface area contributed by atoms with Gasteiger partial charge in [0.15, 0.2) is 0 Å². The van der Waals surface area contributed by atoms with Gasteiger partial charge in [0.25, 0.3) is 0 Å². The van der Waals surface area contributed by atoms with Gasteiger partial charge in [-0.2, -0.15) is 0 Å².